The third-order valence-electron chi connectivity index (χ3n) is 6.26. The molecule has 2 unspecified atom stereocenters. The van der Waals surface area contributed by atoms with Gasteiger partial charge in [0.05, 0.1) is 0 Å². The summed E-state index contributed by atoms with van der Waals surface area (Å²) in [6, 6.07) is 15.5. The molecule has 0 spiro atoms. The normalized spacial score (nSPS) is 22.1. The SMILES string of the molecule is CC(C)c1ccc2c(c1)C(=O)CC(CCC1CCc3ccccc31)C2. The van der Waals surface area contributed by atoms with Crippen molar-refractivity contribution in [3.8, 4) is 0 Å². The summed E-state index contributed by atoms with van der Waals surface area (Å²) in [5, 5.41) is 0. The van der Waals surface area contributed by atoms with E-state index in [2.05, 4.69) is 56.3 Å². The monoisotopic (exact) mass is 332 g/mol. The molecule has 2 aromatic rings. The van der Waals surface area contributed by atoms with Crippen molar-refractivity contribution in [3.63, 3.8) is 0 Å². The number of fused-ring (bicyclic) bond motifs is 2. The van der Waals surface area contributed by atoms with Gasteiger partial charge in [-0.05, 0) is 78.2 Å². The Bertz CT molecular complexity index is 786. The molecule has 2 aromatic carbocycles. The molecule has 0 fully saturated rings. The first kappa shape index (κ1) is 16.6. The Labute approximate surface area is 151 Å². The summed E-state index contributed by atoms with van der Waals surface area (Å²) in [5.74, 6) is 2.08. The highest BCUT2D eigenvalue weighted by molar-refractivity contribution is 5.98. The molecule has 0 N–H and O–H groups in total. The number of Topliss-reactive ketones (excluding diaryl/α,β-unsaturated/α-hetero) is 1. The van der Waals surface area contributed by atoms with Crippen LogP contribution in [0.4, 0.5) is 0 Å². The highest BCUT2D eigenvalue weighted by Crippen LogP contribution is 2.38. The van der Waals surface area contributed by atoms with Crippen LogP contribution in [0.1, 0.15) is 84.0 Å². The van der Waals surface area contributed by atoms with Crippen LogP contribution < -0.4 is 0 Å². The van der Waals surface area contributed by atoms with E-state index >= 15 is 0 Å². The molecule has 0 amide bonds. The fourth-order valence-electron chi connectivity index (χ4n) is 4.73. The quantitative estimate of drug-likeness (QED) is 0.664. The Hall–Kier alpha value is -1.89. The van der Waals surface area contributed by atoms with E-state index in [-0.39, 0.29) is 0 Å². The lowest BCUT2D eigenvalue weighted by atomic mass is 9.78. The molecule has 0 heterocycles. The van der Waals surface area contributed by atoms with Crippen LogP contribution in [0.3, 0.4) is 0 Å². The minimum atomic E-state index is 0.362. The highest BCUT2D eigenvalue weighted by atomic mass is 16.1. The van der Waals surface area contributed by atoms with Crippen molar-refractivity contribution in [2.75, 3.05) is 0 Å². The standard InChI is InChI=1S/C24H28O/c1-16(2)20-11-12-21-13-17(14-24(25)23(21)15-20)7-8-19-10-9-18-5-3-4-6-22(18)19/h3-6,11-12,15-17,19H,7-10,13-14H2,1-2H3. The van der Waals surface area contributed by atoms with E-state index in [9.17, 15) is 4.79 Å². The fraction of sp³-hybridized carbons (Fsp3) is 0.458. The molecule has 0 saturated heterocycles. The first-order chi connectivity index (χ1) is 12.1. The first-order valence-electron chi connectivity index (χ1n) is 9.85. The average molecular weight is 332 g/mol. The van der Waals surface area contributed by atoms with Gasteiger partial charge in [0.15, 0.2) is 5.78 Å². The van der Waals surface area contributed by atoms with Gasteiger partial charge in [0.2, 0.25) is 0 Å². The summed E-state index contributed by atoms with van der Waals surface area (Å²) in [5.41, 5.74) is 6.66. The van der Waals surface area contributed by atoms with Crippen LogP contribution in [0.15, 0.2) is 42.5 Å². The number of carbonyl (C=O) groups is 1. The Morgan fingerprint density at radius 1 is 1.00 bits per heavy atom. The zero-order valence-electron chi connectivity index (χ0n) is 15.4. The molecule has 4 rings (SSSR count). The molecular formula is C24H28O. The molecule has 2 aliphatic rings. The summed E-state index contributed by atoms with van der Waals surface area (Å²) < 4.78 is 0. The lowest BCUT2D eigenvalue weighted by Gasteiger charge is -2.25. The van der Waals surface area contributed by atoms with Gasteiger partial charge in [-0.3, -0.25) is 4.79 Å². The fourth-order valence-corrected chi connectivity index (χ4v) is 4.73. The van der Waals surface area contributed by atoms with Crippen LogP contribution in [0.2, 0.25) is 0 Å². The van der Waals surface area contributed by atoms with Crippen molar-refractivity contribution < 1.29 is 4.79 Å². The van der Waals surface area contributed by atoms with Crippen LogP contribution in [0.25, 0.3) is 0 Å². The zero-order valence-corrected chi connectivity index (χ0v) is 15.4. The van der Waals surface area contributed by atoms with E-state index in [1.54, 1.807) is 11.1 Å². The van der Waals surface area contributed by atoms with Gasteiger partial charge in [-0.2, -0.15) is 0 Å². The molecular weight excluding hydrogens is 304 g/mol. The van der Waals surface area contributed by atoms with E-state index in [0.717, 1.165) is 18.4 Å². The molecule has 0 saturated carbocycles. The van der Waals surface area contributed by atoms with Gasteiger partial charge in [-0.25, -0.2) is 0 Å². The van der Waals surface area contributed by atoms with Crippen molar-refractivity contribution in [2.24, 2.45) is 5.92 Å². The second kappa shape index (κ2) is 6.78. The van der Waals surface area contributed by atoms with Crippen LogP contribution in [-0.2, 0) is 12.8 Å². The van der Waals surface area contributed by atoms with Gasteiger partial charge in [-0.15, -0.1) is 0 Å². The highest BCUT2D eigenvalue weighted by Gasteiger charge is 2.28. The molecule has 1 nitrogen and oxygen atoms in total. The second-order valence-electron chi connectivity index (χ2n) is 8.28. The molecule has 0 aromatic heterocycles. The number of aryl methyl sites for hydroxylation is 1. The van der Waals surface area contributed by atoms with E-state index in [1.165, 1.54) is 36.8 Å². The van der Waals surface area contributed by atoms with Crippen LogP contribution in [-0.4, -0.2) is 5.78 Å². The minimum Gasteiger partial charge on any atom is -0.294 e. The summed E-state index contributed by atoms with van der Waals surface area (Å²) in [6.07, 6.45) is 6.74. The Kier molecular flexibility index (Phi) is 4.50. The van der Waals surface area contributed by atoms with Crippen molar-refractivity contribution in [1.82, 2.24) is 0 Å². The van der Waals surface area contributed by atoms with E-state index in [4.69, 9.17) is 0 Å². The minimum absolute atomic E-state index is 0.362. The Morgan fingerprint density at radius 2 is 1.84 bits per heavy atom. The molecule has 0 aliphatic heterocycles. The predicted molar refractivity (Wildman–Crippen MR) is 103 cm³/mol. The Balaban J connectivity index is 1.43. The average Bonchev–Trinajstić information content (AvgIpc) is 3.03. The maximum atomic E-state index is 12.7. The number of ketones is 1. The number of benzene rings is 2. The Morgan fingerprint density at radius 3 is 2.68 bits per heavy atom. The van der Waals surface area contributed by atoms with E-state index < -0.39 is 0 Å². The summed E-state index contributed by atoms with van der Waals surface area (Å²) in [6.45, 7) is 4.38. The lowest BCUT2D eigenvalue weighted by molar-refractivity contribution is 0.0944. The van der Waals surface area contributed by atoms with E-state index in [0.29, 0.717) is 23.5 Å². The van der Waals surface area contributed by atoms with Gasteiger partial charge in [0.25, 0.3) is 0 Å². The van der Waals surface area contributed by atoms with Crippen molar-refractivity contribution in [3.05, 3.63) is 70.3 Å². The summed E-state index contributed by atoms with van der Waals surface area (Å²) >= 11 is 0. The maximum Gasteiger partial charge on any atom is 0.163 e. The van der Waals surface area contributed by atoms with Crippen LogP contribution in [0, 0.1) is 5.92 Å². The van der Waals surface area contributed by atoms with Gasteiger partial charge < -0.3 is 0 Å². The number of rotatable bonds is 4. The number of hydrogen-bond donors (Lipinski definition) is 0. The molecule has 2 atom stereocenters. The molecule has 25 heavy (non-hydrogen) atoms. The summed E-state index contributed by atoms with van der Waals surface area (Å²) in [4.78, 5) is 12.7. The third kappa shape index (κ3) is 3.29. The molecule has 1 heteroatoms. The topological polar surface area (TPSA) is 17.1 Å². The number of hydrogen-bond acceptors (Lipinski definition) is 1. The summed E-state index contributed by atoms with van der Waals surface area (Å²) in [7, 11) is 0. The number of carbonyl (C=O) groups excluding carboxylic acids is 1. The lowest BCUT2D eigenvalue weighted by Crippen LogP contribution is -2.21. The van der Waals surface area contributed by atoms with Crippen LogP contribution >= 0.6 is 0 Å². The third-order valence-corrected chi connectivity index (χ3v) is 6.26. The molecule has 130 valence electrons. The maximum absolute atomic E-state index is 12.7. The predicted octanol–water partition coefficient (Wildman–Crippen LogP) is 6.07. The zero-order chi connectivity index (χ0) is 17.4. The van der Waals surface area contributed by atoms with Crippen molar-refractivity contribution in [1.29, 1.82) is 0 Å². The first-order valence-corrected chi connectivity index (χ1v) is 9.85. The van der Waals surface area contributed by atoms with Gasteiger partial charge in [0.1, 0.15) is 0 Å². The van der Waals surface area contributed by atoms with Gasteiger partial charge in [-0.1, -0.05) is 50.2 Å². The molecule has 2 aliphatic carbocycles. The van der Waals surface area contributed by atoms with Crippen molar-refractivity contribution >= 4 is 5.78 Å². The van der Waals surface area contributed by atoms with Crippen LogP contribution in [0.5, 0.6) is 0 Å². The van der Waals surface area contributed by atoms with E-state index in [1.807, 2.05) is 0 Å². The molecule has 0 bridgehead atoms. The van der Waals surface area contributed by atoms with Gasteiger partial charge >= 0.3 is 0 Å². The smallest absolute Gasteiger partial charge is 0.163 e. The van der Waals surface area contributed by atoms with Gasteiger partial charge in [0, 0.05) is 12.0 Å². The largest absolute Gasteiger partial charge is 0.294 e. The molecule has 0 radical (unpaired) electrons. The van der Waals surface area contributed by atoms with Crippen molar-refractivity contribution in [2.45, 2.75) is 64.2 Å². The second-order valence-corrected chi connectivity index (χ2v) is 8.28.